The largest absolute Gasteiger partial charge is 0.359 e. The van der Waals surface area contributed by atoms with Gasteiger partial charge in [0.15, 0.2) is 0 Å². The van der Waals surface area contributed by atoms with E-state index < -0.39 is 0 Å². The Morgan fingerprint density at radius 3 is 2.92 bits per heavy atom. The molecule has 3 aromatic rings. The van der Waals surface area contributed by atoms with E-state index in [9.17, 15) is 4.79 Å². The first kappa shape index (κ1) is 15.1. The number of carbonyl (C=O) groups is 1. The number of para-hydroxylation sites is 2. The monoisotopic (exact) mass is 337 g/mol. The van der Waals surface area contributed by atoms with Crippen LogP contribution in [-0.4, -0.2) is 23.5 Å². The third-order valence-electron chi connectivity index (χ3n) is 4.52. The van der Waals surface area contributed by atoms with E-state index in [1.807, 2.05) is 31.2 Å². The maximum atomic E-state index is 12.6. The summed E-state index contributed by atoms with van der Waals surface area (Å²) in [6.45, 7) is 3.35. The average Bonchev–Trinajstić information content (AvgIpc) is 3.22. The van der Waals surface area contributed by atoms with Crippen LogP contribution in [0, 0.1) is 0 Å². The van der Waals surface area contributed by atoms with E-state index in [0.717, 1.165) is 28.2 Å². The molecule has 122 valence electrons. The van der Waals surface area contributed by atoms with Crippen molar-refractivity contribution >= 4 is 33.1 Å². The number of hydrogen-bond acceptors (Lipinski definition) is 4. The van der Waals surface area contributed by atoms with E-state index in [1.54, 1.807) is 11.3 Å². The Balaban J connectivity index is 1.43. The summed E-state index contributed by atoms with van der Waals surface area (Å²) in [7, 11) is 0. The number of fused-ring (bicyclic) bond motifs is 2. The molecule has 1 N–H and O–H groups in total. The molecule has 5 heteroatoms. The van der Waals surface area contributed by atoms with Gasteiger partial charge in [-0.3, -0.25) is 4.79 Å². The zero-order chi connectivity index (χ0) is 16.5. The molecular weight excluding hydrogens is 318 g/mol. The van der Waals surface area contributed by atoms with Gasteiger partial charge in [0.1, 0.15) is 11.0 Å². The molecule has 0 fully saturated rings. The summed E-state index contributed by atoms with van der Waals surface area (Å²) in [6, 6.07) is 16.2. The number of hydrogen-bond donors (Lipinski definition) is 1. The van der Waals surface area contributed by atoms with Crippen LogP contribution in [0.5, 0.6) is 0 Å². The summed E-state index contributed by atoms with van der Waals surface area (Å²) >= 11 is 1.63. The van der Waals surface area contributed by atoms with Crippen LogP contribution in [-0.2, 0) is 17.8 Å². The van der Waals surface area contributed by atoms with Crippen LogP contribution >= 0.6 is 11.3 Å². The highest BCUT2D eigenvalue weighted by Crippen LogP contribution is 2.29. The highest BCUT2D eigenvalue weighted by Gasteiger charge is 2.27. The van der Waals surface area contributed by atoms with E-state index in [1.165, 1.54) is 11.3 Å². The lowest BCUT2D eigenvalue weighted by Crippen LogP contribution is -2.44. The Hall–Kier alpha value is -2.40. The third kappa shape index (κ3) is 2.76. The lowest BCUT2D eigenvalue weighted by Gasteiger charge is -2.26. The van der Waals surface area contributed by atoms with Crippen molar-refractivity contribution in [2.45, 2.75) is 25.9 Å². The number of carbonyl (C=O) groups excluding carboxylic acids is 1. The SMILES string of the molecule is C[C@H](C(=O)NCc1nc2ccccc2s1)N1CCc2ccccc21. The number of rotatable bonds is 4. The quantitative estimate of drug-likeness (QED) is 0.794. The average molecular weight is 337 g/mol. The predicted octanol–water partition coefficient (Wildman–Crippen LogP) is 3.36. The predicted molar refractivity (Wildman–Crippen MR) is 98.4 cm³/mol. The number of anilines is 1. The normalized spacial score (nSPS) is 14.6. The number of nitrogens with zero attached hydrogens (tertiary/aromatic N) is 2. The van der Waals surface area contributed by atoms with Gasteiger partial charge in [-0.05, 0) is 37.1 Å². The second kappa shape index (κ2) is 6.24. The van der Waals surface area contributed by atoms with Crippen molar-refractivity contribution in [1.29, 1.82) is 0 Å². The molecule has 0 unspecified atom stereocenters. The zero-order valence-corrected chi connectivity index (χ0v) is 14.3. The topological polar surface area (TPSA) is 45.2 Å². The van der Waals surface area contributed by atoms with Gasteiger partial charge in [0.25, 0.3) is 0 Å². The molecule has 0 radical (unpaired) electrons. The van der Waals surface area contributed by atoms with Crippen molar-refractivity contribution in [3.8, 4) is 0 Å². The van der Waals surface area contributed by atoms with Gasteiger partial charge in [0.2, 0.25) is 5.91 Å². The second-order valence-corrected chi connectivity index (χ2v) is 7.16. The highest BCUT2D eigenvalue weighted by atomic mass is 32.1. The highest BCUT2D eigenvalue weighted by molar-refractivity contribution is 7.18. The van der Waals surface area contributed by atoms with E-state index >= 15 is 0 Å². The first-order chi connectivity index (χ1) is 11.7. The molecule has 1 aliphatic rings. The fourth-order valence-corrected chi connectivity index (χ4v) is 4.12. The maximum absolute atomic E-state index is 12.6. The summed E-state index contributed by atoms with van der Waals surface area (Å²) in [5.74, 6) is 0.0472. The maximum Gasteiger partial charge on any atom is 0.242 e. The summed E-state index contributed by atoms with van der Waals surface area (Å²) in [5, 5.41) is 3.98. The first-order valence-corrected chi connectivity index (χ1v) is 9.01. The van der Waals surface area contributed by atoms with Gasteiger partial charge in [-0.15, -0.1) is 11.3 Å². The second-order valence-electron chi connectivity index (χ2n) is 6.04. The van der Waals surface area contributed by atoms with Crippen LogP contribution in [0.2, 0.25) is 0 Å². The number of benzene rings is 2. The Morgan fingerprint density at radius 1 is 1.25 bits per heavy atom. The third-order valence-corrected chi connectivity index (χ3v) is 5.56. The lowest BCUT2D eigenvalue weighted by atomic mass is 10.1. The number of thiazole rings is 1. The molecule has 1 aliphatic heterocycles. The van der Waals surface area contributed by atoms with Crippen molar-refractivity contribution in [3.63, 3.8) is 0 Å². The molecule has 2 heterocycles. The van der Waals surface area contributed by atoms with Gasteiger partial charge in [-0.25, -0.2) is 4.98 Å². The van der Waals surface area contributed by atoms with Gasteiger partial charge >= 0.3 is 0 Å². The minimum Gasteiger partial charge on any atom is -0.359 e. The van der Waals surface area contributed by atoms with Crippen LogP contribution in [0.15, 0.2) is 48.5 Å². The summed E-state index contributed by atoms with van der Waals surface area (Å²) in [6.07, 6.45) is 1.01. The standard InChI is InChI=1S/C19H19N3OS/c1-13(22-11-10-14-6-2-4-8-16(14)22)19(23)20-12-18-21-15-7-3-5-9-17(15)24-18/h2-9,13H,10-12H2,1H3,(H,20,23)/t13-/m1/s1. The van der Waals surface area contributed by atoms with Gasteiger partial charge in [-0.1, -0.05) is 30.3 Å². The molecule has 1 atom stereocenters. The summed E-state index contributed by atoms with van der Waals surface area (Å²) in [4.78, 5) is 19.3. The van der Waals surface area contributed by atoms with E-state index in [0.29, 0.717) is 6.54 Å². The molecule has 1 aromatic heterocycles. The molecule has 4 rings (SSSR count). The minimum absolute atomic E-state index is 0.0472. The Morgan fingerprint density at radius 2 is 2.04 bits per heavy atom. The lowest BCUT2D eigenvalue weighted by molar-refractivity contribution is -0.122. The Kier molecular flexibility index (Phi) is 3.94. The fourth-order valence-electron chi connectivity index (χ4n) is 3.21. The van der Waals surface area contributed by atoms with Gasteiger partial charge in [-0.2, -0.15) is 0 Å². The van der Waals surface area contributed by atoms with Crippen LogP contribution in [0.25, 0.3) is 10.2 Å². The summed E-state index contributed by atoms with van der Waals surface area (Å²) < 4.78 is 1.16. The van der Waals surface area contributed by atoms with Crippen LogP contribution in [0.3, 0.4) is 0 Å². The molecule has 2 aromatic carbocycles. The molecule has 0 saturated carbocycles. The van der Waals surface area contributed by atoms with Crippen LogP contribution in [0.4, 0.5) is 5.69 Å². The number of amides is 1. The Labute approximate surface area is 145 Å². The molecule has 0 spiro atoms. The molecule has 0 aliphatic carbocycles. The van der Waals surface area contributed by atoms with Gasteiger partial charge < -0.3 is 10.2 Å². The van der Waals surface area contributed by atoms with Crippen LogP contribution in [0.1, 0.15) is 17.5 Å². The zero-order valence-electron chi connectivity index (χ0n) is 13.5. The van der Waals surface area contributed by atoms with E-state index in [4.69, 9.17) is 0 Å². The smallest absolute Gasteiger partial charge is 0.242 e. The molecule has 24 heavy (non-hydrogen) atoms. The van der Waals surface area contributed by atoms with Gasteiger partial charge in [0, 0.05) is 12.2 Å². The van der Waals surface area contributed by atoms with Crippen molar-refractivity contribution in [2.24, 2.45) is 0 Å². The van der Waals surface area contributed by atoms with Crippen molar-refractivity contribution in [3.05, 3.63) is 59.1 Å². The van der Waals surface area contributed by atoms with Crippen LogP contribution < -0.4 is 10.2 Å². The van der Waals surface area contributed by atoms with Crippen molar-refractivity contribution in [2.75, 3.05) is 11.4 Å². The molecule has 0 saturated heterocycles. The summed E-state index contributed by atoms with van der Waals surface area (Å²) in [5.41, 5.74) is 3.50. The minimum atomic E-state index is -0.178. The molecule has 1 amide bonds. The fraction of sp³-hybridized carbons (Fsp3) is 0.263. The van der Waals surface area contributed by atoms with Crippen molar-refractivity contribution in [1.82, 2.24) is 10.3 Å². The van der Waals surface area contributed by atoms with E-state index in [-0.39, 0.29) is 11.9 Å². The number of aromatic nitrogens is 1. The Bertz CT molecular complexity index is 856. The van der Waals surface area contributed by atoms with Crippen molar-refractivity contribution < 1.29 is 4.79 Å². The molecular formula is C19H19N3OS. The van der Waals surface area contributed by atoms with Gasteiger partial charge in [0.05, 0.1) is 16.8 Å². The number of nitrogens with one attached hydrogen (secondary N) is 1. The molecule has 0 bridgehead atoms. The first-order valence-electron chi connectivity index (χ1n) is 8.19. The van der Waals surface area contributed by atoms with E-state index in [2.05, 4.69) is 39.5 Å². The molecule has 4 nitrogen and oxygen atoms in total.